The van der Waals surface area contributed by atoms with E-state index in [1.807, 2.05) is 54.5 Å². The number of amides is 2. The average Bonchev–Trinajstić information content (AvgIpc) is 3.03. The summed E-state index contributed by atoms with van der Waals surface area (Å²) >= 11 is 7.63. The highest BCUT2D eigenvalue weighted by atomic mass is 35.5. The third kappa shape index (κ3) is 6.08. The molecular weight excluding hydrogens is 380 g/mol. The maximum absolute atomic E-state index is 13.1. The standard InChI is InChI=1S/C21H27ClN2O2S/c1-15(2)24(21(26)17(4)22)14-20(25)23(12-18-8-6-5-7-9-18)13-19-16(3)10-11-27-19/h5-11,15,17H,12-14H2,1-4H3. The van der Waals surface area contributed by atoms with Crippen molar-refractivity contribution in [3.05, 3.63) is 57.8 Å². The Bertz CT molecular complexity index is 759. The highest BCUT2D eigenvalue weighted by molar-refractivity contribution is 7.10. The van der Waals surface area contributed by atoms with Gasteiger partial charge in [0.25, 0.3) is 0 Å². The molecule has 146 valence electrons. The van der Waals surface area contributed by atoms with Crippen molar-refractivity contribution in [2.45, 2.75) is 52.2 Å². The van der Waals surface area contributed by atoms with Gasteiger partial charge in [0.1, 0.15) is 11.9 Å². The minimum absolute atomic E-state index is 0.0326. The van der Waals surface area contributed by atoms with Gasteiger partial charge in [0.2, 0.25) is 11.8 Å². The minimum Gasteiger partial charge on any atom is -0.332 e. The van der Waals surface area contributed by atoms with Crippen LogP contribution in [0, 0.1) is 6.92 Å². The van der Waals surface area contributed by atoms with Gasteiger partial charge in [-0.3, -0.25) is 9.59 Å². The molecule has 0 aliphatic carbocycles. The van der Waals surface area contributed by atoms with E-state index in [0.29, 0.717) is 13.1 Å². The summed E-state index contributed by atoms with van der Waals surface area (Å²) < 4.78 is 0. The number of carbonyl (C=O) groups is 2. The Labute approximate surface area is 170 Å². The topological polar surface area (TPSA) is 40.6 Å². The van der Waals surface area contributed by atoms with Crippen molar-refractivity contribution in [1.29, 1.82) is 0 Å². The van der Waals surface area contributed by atoms with Crippen LogP contribution in [-0.2, 0) is 22.7 Å². The van der Waals surface area contributed by atoms with E-state index in [-0.39, 0.29) is 24.4 Å². The van der Waals surface area contributed by atoms with Crippen LogP contribution in [0.2, 0.25) is 0 Å². The molecule has 0 aliphatic rings. The van der Waals surface area contributed by atoms with E-state index in [1.165, 1.54) is 5.56 Å². The second-order valence-electron chi connectivity index (χ2n) is 6.94. The molecule has 0 saturated heterocycles. The molecule has 1 aromatic carbocycles. The Morgan fingerprint density at radius 2 is 1.74 bits per heavy atom. The molecule has 1 atom stereocenters. The summed E-state index contributed by atoms with van der Waals surface area (Å²) in [6.07, 6.45) is 0. The van der Waals surface area contributed by atoms with Gasteiger partial charge in [-0.2, -0.15) is 0 Å². The van der Waals surface area contributed by atoms with Gasteiger partial charge in [0.15, 0.2) is 0 Å². The number of halogens is 1. The van der Waals surface area contributed by atoms with Crippen LogP contribution >= 0.6 is 22.9 Å². The molecule has 0 spiro atoms. The van der Waals surface area contributed by atoms with Crippen LogP contribution in [0.3, 0.4) is 0 Å². The Hall–Kier alpha value is -1.85. The number of alkyl halides is 1. The molecule has 1 aromatic heterocycles. The molecule has 0 saturated carbocycles. The molecule has 0 fully saturated rings. The van der Waals surface area contributed by atoms with Gasteiger partial charge < -0.3 is 9.80 Å². The van der Waals surface area contributed by atoms with Gasteiger partial charge in [0.05, 0.1) is 6.54 Å². The normalized spacial score (nSPS) is 12.1. The fourth-order valence-corrected chi connectivity index (χ4v) is 3.81. The van der Waals surface area contributed by atoms with Crippen LogP contribution in [0.1, 0.15) is 36.8 Å². The molecule has 2 amide bonds. The van der Waals surface area contributed by atoms with Crippen LogP contribution in [0.5, 0.6) is 0 Å². The van der Waals surface area contributed by atoms with E-state index in [0.717, 1.165) is 10.4 Å². The summed E-state index contributed by atoms with van der Waals surface area (Å²) in [5.41, 5.74) is 2.24. The lowest BCUT2D eigenvalue weighted by Crippen LogP contribution is -2.47. The largest absolute Gasteiger partial charge is 0.332 e. The van der Waals surface area contributed by atoms with Crippen LogP contribution in [0.15, 0.2) is 41.8 Å². The monoisotopic (exact) mass is 406 g/mol. The molecule has 1 heterocycles. The molecule has 2 aromatic rings. The van der Waals surface area contributed by atoms with Crippen molar-refractivity contribution < 1.29 is 9.59 Å². The Morgan fingerprint density at radius 3 is 2.26 bits per heavy atom. The average molecular weight is 407 g/mol. The summed E-state index contributed by atoms with van der Waals surface area (Å²) in [4.78, 5) is 30.0. The van der Waals surface area contributed by atoms with E-state index in [9.17, 15) is 9.59 Å². The minimum atomic E-state index is -0.651. The lowest BCUT2D eigenvalue weighted by molar-refractivity contribution is -0.142. The first-order chi connectivity index (χ1) is 12.8. The fourth-order valence-electron chi connectivity index (χ4n) is 2.76. The number of carbonyl (C=O) groups excluding carboxylic acids is 2. The molecule has 0 aliphatic heterocycles. The number of rotatable bonds is 8. The smallest absolute Gasteiger partial charge is 0.242 e. The second kappa shape index (κ2) is 9.90. The second-order valence-corrected chi connectivity index (χ2v) is 8.59. The van der Waals surface area contributed by atoms with Crippen molar-refractivity contribution >= 4 is 34.8 Å². The van der Waals surface area contributed by atoms with E-state index in [1.54, 1.807) is 23.2 Å². The van der Waals surface area contributed by atoms with E-state index in [4.69, 9.17) is 11.6 Å². The zero-order chi connectivity index (χ0) is 20.0. The van der Waals surface area contributed by atoms with Crippen LogP contribution in [-0.4, -0.2) is 39.6 Å². The Kier molecular flexibility index (Phi) is 7.87. The first kappa shape index (κ1) is 21.5. The third-order valence-electron chi connectivity index (χ3n) is 4.42. The fraction of sp³-hybridized carbons (Fsp3) is 0.429. The molecular formula is C21H27ClN2O2S. The van der Waals surface area contributed by atoms with Crippen molar-refractivity contribution in [2.75, 3.05) is 6.54 Å². The van der Waals surface area contributed by atoms with E-state index >= 15 is 0 Å². The number of aryl methyl sites for hydroxylation is 1. The maximum Gasteiger partial charge on any atom is 0.242 e. The number of benzene rings is 1. The quantitative estimate of drug-likeness (QED) is 0.607. The summed E-state index contributed by atoms with van der Waals surface area (Å²) in [6, 6.07) is 11.9. The third-order valence-corrected chi connectivity index (χ3v) is 5.62. The predicted molar refractivity (Wildman–Crippen MR) is 112 cm³/mol. The molecule has 0 radical (unpaired) electrons. The lowest BCUT2D eigenvalue weighted by atomic mass is 10.2. The van der Waals surface area contributed by atoms with E-state index in [2.05, 4.69) is 13.0 Å². The molecule has 6 heteroatoms. The van der Waals surface area contributed by atoms with Gasteiger partial charge in [0, 0.05) is 17.5 Å². The van der Waals surface area contributed by atoms with Crippen LogP contribution in [0.25, 0.3) is 0 Å². The molecule has 2 rings (SSSR count). The summed E-state index contributed by atoms with van der Waals surface area (Å²) in [7, 11) is 0. The maximum atomic E-state index is 13.1. The van der Waals surface area contributed by atoms with Gasteiger partial charge in [-0.15, -0.1) is 22.9 Å². The van der Waals surface area contributed by atoms with Crippen molar-refractivity contribution in [2.24, 2.45) is 0 Å². The van der Waals surface area contributed by atoms with Crippen molar-refractivity contribution in [3.63, 3.8) is 0 Å². The van der Waals surface area contributed by atoms with Gasteiger partial charge in [-0.25, -0.2) is 0 Å². The molecule has 0 bridgehead atoms. The van der Waals surface area contributed by atoms with Gasteiger partial charge >= 0.3 is 0 Å². The lowest BCUT2D eigenvalue weighted by Gasteiger charge is -2.31. The SMILES string of the molecule is Cc1ccsc1CN(Cc1ccccc1)C(=O)CN(C(=O)C(C)Cl)C(C)C. The number of nitrogens with zero attached hydrogens (tertiary/aromatic N) is 2. The summed E-state index contributed by atoms with van der Waals surface area (Å²) in [6.45, 7) is 8.56. The van der Waals surface area contributed by atoms with E-state index < -0.39 is 5.38 Å². The van der Waals surface area contributed by atoms with Crippen LogP contribution in [0.4, 0.5) is 0 Å². The van der Waals surface area contributed by atoms with Crippen LogP contribution < -0.4 is 0 Å². The first-order valence-corrected chi connectivity index (χ1v) is 10.4. The highest BCUT2D eigenvalue weighted by Gasteiger charge is 2.26. The van der Waals surface area contributed by atoms with Gasteiger partial charge in [-0.1, -0.05) is 30.3 Å². The summed E-state index contributed by atoms with van der Waals surface area (Å²) in [5.74, 6) is -0.294. The highest BCUT2D eigenvalue weighted by Crippen LogP contribution is 2.20. The zero-order valence-electron chi connectivity index (χ0n) is 16.3. The van der Waals surface area contributed by atoms with Crippen molar-refractivity contribution in [3.8, 4) is 0 Å². The van der Waals surface area contributed by atoms with Crippen molar-refractivity contribution in [1.82, 2.24) is 9.80 Å². The first-order valence-electron chi connectivity index (χ1n) is 9.08. The Morgan fingerprint density at radius 1 is 1.07 bits per heavy atom. The Balaban J connectivity index is 2.21. The molecule has 1 unspecified atom stereocenters. The summed E-state index contributed by atoms with van der Waals surface area (Å²) in [5, 5.41) is 1.39. The predicted octanol–water partition coefficient (Wildman–Crippen LogP) is 4.45. The molecule has 4 nitrogen and oxygen atoms in total. The van der Waals surface area contributed by atoms with Gasteiger partial charge in [-0.05, 0) is 50.3 Å². The number of hydrogen-bond acceptors (Lipinski definition) is 3. The molecule has 27 heavy (non-hydrogen) atoms. The zero-order valence-corrected chi connectivity index (χ0v) is 17.9. The number of hydrogen-bond donors (Lipinski definition) is 0. The molecule has 0 N–H and O–H groups in total. The number of thiophene rings is 1.